The number of carbonyl (C=O) groups is 1. The van der Waals surface area contributed by atoms with Crippen molar-refractivity contribution in [2.75, 3.05) is 6.54 Å². The fraction of sp³-hybridized carbons (Fsp3) is 0.583. The summed E-state index contributed by atoms with van der Waals surface area (Å²) in [4.78, 5) is 29.1. The number of aromatic amines is 1. The van der Waals surface area contributed by atoms with Gasteiger partial charge in [-0.05, 0) is 20.3 Å². The molecule has 1 amide bonds. The molecule has 1 unspecified atom stereocenters. The van der Waals surface area contributed by atoms with E-state index in [0.29, 0.717) is 17.8 Å². The summed E-state index contributed by atoms with van der Waals surface area (Å²) in [6.45, 7) is 5.52. The maximum Gasteiger partial charge on any atom is 0.345 e. The van der Waals surface area contributed by atoms with Crippen LogP contribution in [-0.4, -0.2) is 33.6 Å². The van der Waals surface area contributed by atoms with Crippen molar-refractivity contribution in [3.8, 4) is 0 Å². The van der Waals surface area contributed by atoms with Crippen molar-refractivity contribution in [3.05, 3.63) is 27.4 Å². The molecule has 1 heterocycles. The Morgan fingerprint density at radius 1 is 1.50 bits per heavy atom. The van der Waals surface area contributed by atoms with Crippen molar-refractivity contribution in [2.24, 2.45) is 0 Å². The number of carbonyl (C=O) groups excluding carboxylic acids is 1. The normalized spacial score (nSPS) is 12.2. The van der Waals surface area contributed by atoms with Crippen molar-refractivity contribution in [2.45, 2.75) is 39.7 Å². The summed E-state index contributed by atoms with van der Waals surface area (Å²) in [6.07, 6.45) is 0.223. The molecule has 0 spiro atoms. The van der Waals surface area contributed by atoms with Gasteiger partial charge in [0.1, 0.15) is 0 Å². The van der Waals surface area contributed by atoms with E-state index in [2.05, 4.69) is 15.3 Å². The highest BCUT2D eigenvalue weighted by Crippen LogP contribution is 2.07. The summed E-state index contributed by atoms with van der Waals surface area (Å²) in [5.41, 5.74) is 1.52. The van der Waals surface area contributed by atoms with Gasteiger partial charge in [0, 0.05) is 23.5 Å². The molecule has 3 N–H and O–H groups in total. The molecule has 1 aromatic rings. The molecule has 1 rings (SSSR count). The minimum atomic E-state index is -0.523. The Morgan fingerprint density at radius 3 is 2.72 bits per heavy atom. The standard InChI is InChI=1S/C12H19N3O3/c1-4-9(16)6-13-11(17)5-10-7(2)14-12(18)15-8(10)3/h9,16H,4-6H2,1-3H3,(H,13,17)(H,14,15,18). The maximum atomic E-state index is 11.7. The molecule has 18 heavy (non-hydrogen) atoms. The average Bonchev–Trinajstić information content (AvgIpc) is 2.30. The second-order valence-electron chi connectivity index (χ2n) is 4.27. The smallest absolute Gasteiger partial charge is 0.345 e. The van der Waals surface area contributed by atoms with E-state index in [1.807, 2.05) is 6.92 Å². The predicted octanol–water partition coefficient (Wildman–Crippen LogP) is -0.184. The first-order chi connectivity index (χ1) is 8.43. The highest BCUT2D eigenvalue weighted by molar-refractivity contribution is 5.79. The molecular formula is C12H19N3O3. The Kier molecular flexibility index (Phi) is 5.03. The summed E-state index contributed by atoms with van der Waals surface area (Å²) in [5.74, 6) is -0.192. The maximum absolute atomic E-state index is 11.7. The van der Waals surface area contributed by atoms with Gasteiger partial charge in [-0.3, -0.25) is 4.79 Å². The fourth-order valence-corrected chi connectivity index (χ4v) is 1.61. The lowest BCUT2D eigenvalue weighted by atomic mass is 10.1. The Bertz CT molecular complexity index is 456. The van der Waals surface area contributed by atoms with E-state index in [1.165, 1.54) is 0 Å². The van der Waals surface area contributed by atoms with E-state index in [4.69, 9.17) is 0 Å². The van der Waals surface area contributed by atoms with Crippen LogP contribution in [-0.2, 0) is 11.2 Å². The summed E-state index contributed by atoms with van der Waals surface area (Å²) in [6, 6.07) is 0. The zero-order valence-corrected chi connectivity index (χ0v) is 10.9. The van der Waals surface area contributed by atoms with Crippen LogP contribution < -0.4 is 11.0 Å². The van der Waals surface area contributed by atoms with Gasteiger partial charge in [-0.15, -0.1) is 0 Å². The molecule has 6 heteroatoms. The van der Waals surface area contributed by atoms with Crippen molar-refractivity contribution < 1.29 is 9.90 Å². The summed E-state index contributed by atoms with van der Waals surface area (Å²) in [7, 11) is 0. The summed E-state index contributed by atoms with van der Waals surface area (Å²) in [5, 5.41) is 12.0. The summed E-state index contributed by atoms with van der Waals surface area (Å²) < 4.78 is 0. The van der Waals surface area contributed by atoms with Crippen LogP contribution in [0.5, 0.6) is 0 Å². The van der Waals surface area contributed by atoms with Crippen molar-refractivity contribution in [1.29, 1.82) is 0 Å². The lowest BCUT2D eigenvalue weighted by Gasteiger charge is -2.11. The zero-order valence-electron chi connectivity index (χ0n) is 10.9. The van der Waals surface area contributed by atoms with Crippen LogP contribution in [0.4, 0.5) is 0 Å². The third kappa shape index (κ3) is 3.96. The minimum absolute atomic E-state index is 0.151. The fourth-order valence-electron chi connectivity index (χ4n) is 1.61. The highest BCUT2D eigenvalue weighted by atomic mass is 16.3. The van der Waals surface area contributed by atoms with Crippen LogP contribution in [0.1, 0.15) is 30.3 Å². The number of rotatable bonds is 5. The predicted molar refractivity (Wildman–Crippen MR) is 67.3 cm³/mol. The SMILES string of the molecule is CCC(O)CNC(=O)Cc1c(C)nc(=O)[nH]c1C. The zero-order chi connectivity index (χ0) is 13.7. The minimum Gasteiger partial charge on any atom is -0.391 e. The van der Waals surface area contributed by atoms with Gasteiger partial charge < -0.3 is 15.4 Å². The first-order valence-electron chi connectivity index (χ1n) is 5.95. The van der Waals surface area contributed by atoms with Crippen LogP contribution >= 0.6 is 0 Å². The number of aliphatic hydroxyl groups excluding tert-OH is 1. The molecule has 0 aliphatic carbocycles. The Morgan fingerprint density at radius 2 is 2.17 bits per heavy atom. The van der Waals surface area contributed by atoms with E-state index >= 15 is 0 Å². The number of amides is 1. The van der Waals surface area contributed by atoms with Crippen LogP contribution in [0.15, 0.2) is 4.79 Å². The molecule has 0 saturated carbocycles. The van der Waals surface area contributed by atoms with E-state index in [1.54, 1.807) is 13.8 Å². The van der Waals surface area contributed by atoms with Gasteiger partial charge in [0.2, 0.25) is 5.91 Å². The number of nitrogens with one attached hydrogen (secondary N) is 2. The van der Waals surface area contributed by atoms with Gasteiger partial charge in [-0.1, -0.05) is 6.92 Å². The molecule has 0 radical (unpaired) electrons. The van der Waals surface area contributed by atoms with Crippen LogP contribution in [0, 0.1) is 13.8 Å². The number of aryl methyl sites for hydroxylation is 2. The second kappa shape index (κ2) is 6.30. The van der Waals surface area contributed by atoms with Gasteiger partial charge in [0.15, 0.2) is 0 Å². The topological polar surface area (TPSA) is 95.1 Å². The molecule has 0 saturated heterocycles. The van der Waals surface area contributed by atoms with Gasteiger partial charge in [0.05, 0.1) is 12.5 Å². The van der Waals surface area contributed by atoms with Gasteiger partial charge in [-0.2, -0.15) is 4.98 Å². The number of hydrogen-bond acceptors (Lipinski definition) is 4. The van der Waals surface area contributed by atoms with E-state index in [-0.39, 0.29) is 18.9 Å². The molecule has 0 aliphatic heterocycles. The number of nitrogens with zero attached hydrogens (tertiary/aromatic N) is 1. The molecule has 6 nitrogen and oxygen atoms in total. The molecule has 0 bridgehead atoms. The van der Waals surface area contributed by atoms with Gasteiger partial charge in [-0.25, -0.2) is 4.79 Å². The molecule has 1 aromatic heterocycles. The summed E-state index contributed by atoms with van der Waals surface area (Å²) >= 11 is 0. The molecule has 1 atom stereocenters. The Balaban J connectivity index is 2.68. The van der Waals surface area contributed by atoms with Crippen molar-refractivity contribution in [1.82, 2.24) is 15.3 Å². The quantitative estimate of drug-likeness (QED) is 0.678. The van der Waals surface area contributed by atoms with Crippen LogP contribution in [0.25, 0.3) is 0 Å². The van der Waals surface area contributed by atoms with Crippen molar-refractivity contribution in [3.63, 3.8) is 0 Å². The third-order valence-electron chi connectivity index (χ3n) is 2.80. The lowest BCUT2D eigenvalue weighted by molar-refractivity contribution is -0.120. The molecule has 0 aliphatic rings. The number of hydrogen-bond donors (Lipinski definition) is 3. The average molecular weight is 253 g/mol. The first kappa shape index (κ1) is 14.4. The van der Waals surface area contributed by atoms with Gasteiger partial charge >= 0.3 is 5.69 Å². The Hall–Kier alpha value is -1.69. The Labute approximate surface area is 105 Å². The van der Waals surface area contributed by atoms with Crippen molar-refractivity contribution >= 4 is 5.91 Å². The monoisotopic (exact) mass is 253 g/mol. The third-order valence-corrected chi connectivity index (χ3v) is 2.80. The lowest BCUT2D eigenvalue weighted by Crippen LogP contribution is -2.33. The number of H-pyrrole nitrogens is 1. The van der Waals surface area contributed by atoms with Crippen LogP contribution in [0.3, 0.4) is 0 Å². The molecule has 100 valence electrons. The van der Waals surface area contributed by atoms with Crippen LogP contribution in [0.2, 0.25) is 0 Å². The largest absolute Gasteiger partial charge is 0.391 e. The number of aliphatic hydroxyl groups is 1. The molecule has 0 fully saturated rings. The first-order valence-corrected chi connectivity index (χ1v) is 5.95. The van der Waals surface area contributed by atoms with Gasteiger partial charge in [0.25, 0.3) is 0 Å². The molecular weight excluding hydrogens is 234 g/mol. The second-order valence-corrected chi connectivity index (χ2v) is 4.27. The van der Waals surface area contributed by atoms with E-state index in [0.717, 1.165) is 5.56 Å². The number of aromatic nitrogens is 2. The highest BCUT2D eigenvalue weighted by Gasteiger charge is 2.11. The van der Waals surface area contributed by atoms with E-state index in [9.17, 15) is 14.7 Å². The molecule has 0 aromatic carbocycles. The van der Waals surface area contributed by atoms with E-state index < -0.39 is 11.8 Å².